The summed E-state index contributed by atoms with van der Waals surface area (Å²) in [6, 6.07) is 20.4. The van der Waals surface area contributed by atoms with Crippen molar-refractivity contribution in [2.45, 2.75) is 19.4 Å². The van der Waals surface area contributed by atoms with E-state index < -0.39 is 6.04 Å². The highest BCUT2D eigenvalue weighted by Gasteiger charge is 2.30. The van der Waals surface area contributed by atoms with Gasteiger partial charge in [-0.15, -0.1) is 0 Å². The van der Waals surface area contributed by atoms with Gasteiger partial charge in [-0.25, -0.2) is 0 Å². The van der Waals surface area contributed by atoms with Crippen LogP contribution in [0.25, 0.3) is 10.9 Å². The smallest absolute Gasteiger partial charge is 0.252 e. The molecule has 7 nitrogen and oxygen atoms in total. The lowest BCUT2D eigenvalue weighted by Crippen LogP contribution is -2.52. The zero-order valence-electron chi connectivity index (χ0n) is 20.5. The van der Waals surface area contributed by atoms with Crippen LogP contribution in [-0.4, -0.2) is 64.3 Å². The van der Waals surface area contributed by atoms with E-state index in [0.717, 1.165) is 48.2 Å². The highest BCUT2D eigenvalue weighted by Crippen LogP contribution is 2.20. The first-order chi connectivity index (χ1) is 17.6. The summed E-state index contributed by atoms with van der Waals surface area (Å²) in [4.78, 5) is 38.5. The summed E-state index contributed by atoms with van der Waals surface area (Å²) in [7, 11) is 0. The van der Waals surface area contributed by atoms with Gasteiger partial charge in [0.1, 0.15) is 6.04 Å². The minimum absolute atomic E-state index is 0.0695. The average Bonchev–Trinajstić information content (AvgIpc) is 3.39. The molecule has 1 fully saturated rings. The molecule has 1 atom stereocenters. The number of nitrogens with one attached hydrogen (secondary N) is 2. The van der Waals surface area contributed by atoms with Gasteiger partial charge in [0.25, 0.3) is 5.91 Å². The highest BCUT2D eigenvalue weighted by atomic mass is 16.2. The zero-order valence-corrected chi connectivity index (χ0v) is 20.5. The van der Waals surface area contributed by atoms with Crippen molar-refractivity contribution >= 4 is 22.7 Å². The Morgan fingerprint density at radius 3 is 2.58 bits per heavy atom. The number of aryl methyl sites for hydroxylation is 1. The van der Waals surface area contributed by atoms with Crippen molar-refractivity contribution in [2.75, 3.05) is 32.7 Å². The van der Waals surface area contributed by atoms with Crippen molar-refractivity contribution in [2.24, 2.45) is 0 Å². The van der Waals surface area contributed by atoms with E-state index in [1.54, 1.807) is 6.07 Å². The highest BCUT2D eigenvalue weighted by molar-refractivity contribution is 6.00. The number of aromatic nitrogens is 2. The predicted octanol–water partition coefficient (Wildman–Crippen LogP) is 3.73. The molecule has 0 aliphatic carbocycles. The van der Waals surface area contributed by atoms with Crippen LogP contribution in [0.5, 0.6) is 0 Å². The third-order valence-electron chi connectivity index (χ3n) is 6.83. The summed E-state index contributed by atoms with van der Waals surface area (Å²) in [6.07, 6.45) is 4.67. The van der Waals surface area contributed by atoms with Gasteiger partial charge in [0.15, 0.2) is 0 Å². The predicted molar refractivity (Wildman–Crippen MR) is 141 cm³/mol. The lowest BCUT2D eigenvalue weighted by molar-refractivity contribution is -0.135. The van der Waals surface area contributed by atoms with Gasteiger partial charge in [-0.05, 0) is 60.2 Å². The third kappa shape index (κ3) is 5.47. The summed E-state index contributed by atoms with van der Waals surface area (Å²) in [5.74, 6) is -0.333. The third-order valence-corrected chi connectivity index (χ3v) is 6.83. The minimum Gasteiger partial charge on any atom is -0.361 e. The molecular weight excluding hydrogens is 450 g/mol. The molecule has 2 amide bonds. The monoisotopic (exact) mass is 481 g/mol. The molecule has 0 saturated carbocycles. The Labute approximate surface area is 211 Å². The number of H-pyrrole nitrogens is 1. The number of hydrogen-bond donors (Lipinski definition) is 2. The standard InChI is InChI=1S/C29H31N5O2/c1-21-19-22(9-12-30-21)11-14-33-15-17-34(18-16-33)29(36)27(24-5-3-2-4-6-24)32-28(35)25-8-7-23-10-13-31-26(23)20-25/h2-10,12-13,19-20,27,31H,11,14-18H2,1H3,(H,32,35)/t27-/m1/s1. The van der Waals surface area contributed by atoms with Crippen LogP contribution in [0.2, 0.25) is 0 Å². The first kappa shape index (κ1) is 23.8. The lowest BCUT2D eigenvalue weighted by Gasteiger charge is -2.36. The lowest BCUT2D eigenvalue weighted by atomic mass is 10.0. The van der Waals surface area contributed by atoms with E-state index in [2.05, 4.69) is 32.3 Å². The molecule has 0 spiro atoms. The van der Waals surface area contributed by atoms with Crippen molar-refractivity contribution in [1.29, 1.82) is 0 Å². The molecule has 184 valence electrons. The van der Waals surface area contributed by atoms with Gasteiger partial charge in [0, 0.05) is 61.9 Å². The second kappa shape index (κ2) is 10.7. The van der Waals surface area contributed by atoms with Gasteiger partial charge in [0.05, 0.1) is 0 Å². The Morgan fingerprint density at radius 2 is 1.81 bits per heavy atom. The molecule has 4 aromatic rings. The molecule has 3 heterocycles. The molecule has 2 aromatic carbocycles. The van der Waals surface area contributed by atoms with Crippen LogP contribution in [0.1, 0.15) is 33.2 Å². The maximum atomic E-state index is 13.6. The van der Waals surface area contributed by atoms with Gasteiger partial charge in [-0.2, -0.15) is 0 Å². The largest absolute Gasteiger partial charge is 0.361 e. The number of carbonyl (C=O) groups excluding carboxylic acids is 2. The first-order valence-electron chi connectivity index (χ1n) is 12.4. The number of pyridine rings is 1. The minimum atomic E-state index is -0.732. The van der Waals surface area contributed by atoms with Gasteiger partial charge < -0.3 is 15.2 Å². The maximum absolute atomic E-state index is 13.6. The number of hydrogen-bond acceptors (Lipinski definition) is 4. The van der Waals surface area contributed by atoms with Crippen LogP contribution in [0, 0.1) is 6.92 Å². The molecule has 1 saturated heterocycles. The SMILES string of the molecule is Cc1cc(CCN2CCN(C(=O)[C@H](NC(=O)c3ccc4cc[nH]c4c3)c3ccccc3)CC2)ccn1. The zero-order chi connectivity index (χ0) is 24.9. The Balaban J connectivity index is 1.24. The second-order valence-corrected chi connectivity index (χ2v) is 9.32. The van der Waals surface area contributed by atoms with E-state index in [-0.39, 0.29) is 11.8 Å². The fourth-order valence-electron chi connectivity index (χ4n) is 4.76. The van der Waals surface area contributed by atoms with E-state index in [1.165, 1.54) is 5.56 Å². The molecule has 2 N–H and O–H groups in total. The van der Waals surface area contributed by atoms with E-state index in [9.17, 15) is 9.59 Å². The number of fused-ring (bicyclic) bond motifs is 1. The number of carbonyl (C=O) groups is 2. The Kier molecular flexibility index (Phi) is 7.09. The summed E-state index contributed by atoms with van der Waals surface area (Å²) in [6.45, 7) is 5.87. The van der Waals surface area contributed by atoms with Crippen molar-refractivity contribution in [3.63, 3.8) is 0 Å². The first-order valence-corrected chi connectivity index (χ1v) is 12.4. The van der Waals surface area contributed by atoms with Gasteiger partial charge in [-0.1, -0.05) is 36.4 Å². The topological polar surface area (TPSA) is 81.3 Å². The Morgan fingerprint density at radius 1 is 1.00 bits per heavy atom. The van der Waals surface area contributed by atoms with Gasteiger partial charge >= 0.3 is 0 Å². The van der Waals surface area contributed by atoms with Crippen molar-refractivity contribution in [1.82, 2.24) is 25.1 Å². The molecule has 0 bridgehead atoms. The number of aromatic amines is 1. The molecule has 0 unspecified atom stereocenters. The quantitative estimate of drug-likeness (QED) is 0.422. The van der Waals surface area contributed by atoms with Crippen molar-refractivity contribution in [3.8, 4) is 0 Å². The Hall–Kier alpha value is -3.97. The van der Waals surface area contributed by atoms with Gasteiger partial charge in [-0.3, -0.25) is 19.5 Å². The second-order valence-electron chi connectivity index (χ2n) is 9.32. The number of rotatable bonds is 7. The van der Waals surface area contributed by atoms with E-state index in [4.69, 9.17) is 0 Å². The van der Waals surface area contributed by atoms with Crippen LogP contribution in [0.4, 0.5) is 0 Å². The van der Waals surface area contributed by atoms with Crippen molar-refractivity contribution in [3.05, 3.63) is 102 Å². The van der Waals surface area contributed by atoms with Crippen molar-refractivity contribution < 1.29 is 9.59 Å². The van der Waals surface area contributed by atoms with E-state index >= 15 is 0 Å². The van der Waals surface area contributed by atoms with Crippen LogP contribution in [0.15, 0.2) is 79.1 Å². The Bertz CT molecular complexity index is 1340. The fraction of sp³-hybridized carbons (Fsp3) is 0.276. The summed E-state index contributed by atoms with van der Waals surface area (Å²) >= 11 is 0. The molecule has 5 rings (SSSR count). The molecule has 0 radical (unpaired) electrons. The fourth-order valence-corrected chi connectivity index (χ4v) is 4.76. The molecule has 1 aliphatic rings. The van der Waals surface area contributed by atoms with E-state index in [1.807, 2.05) is 72.7 Å². The van der Waals surface area contributed by atoms with E-state index in [0.29, 0.717) is 18.7 Å². The normalized spacial score (nSPS) is 15.1. The molecule has 2 aromatic heterocycles. The summed E-state index contributed by atoms with van der Waals surface area (Å²) < 4.78 is 0. The van der Waals surface area contributed by atoms with Crippen LogP contribution < -0.4 is 5.32 Å². The van der Waals surface area contributed by atoms with Gasteiger partial charge in [0.2, 0.25) is 5.91 Å². The average molecular weight is 482 g/mol. The number of benzene rings is 2. The summed E-state index contributed by atoms with van der Waals surface area (Å²) in [5.41, 5.74) is 4.51. The molecule has 7 heteroatoms. The van der Waals surface area contributed by atoms with Crippen LogP contribution in [0.3, 0.4) is 0 Å². The van der Waals surface area contributed by atoms with Crippen LogP contribution >= 0.6 is 0 Å². The summed E-state index contributed by atoms with van der Waals surface area (Å²) in [5, 5.41) is 4.04. The number of amides is 2. The molecule has 36 heavy (non-hydrogen) atoms. The molecule has 1 aliphatic heterocycles. The molecular formula is C29H31N5O2. The maximum Gasteiger partial charge on any atom is 0.252 e. The van der Waals surface area contributed by atoms with Crippen LogP contribution in [-0.2, 0) is 11.2 Å². The number of piperazine rings is 1. The number of nitrogens with zero attached hydrogens (tertiary/aromatic N) is 3.